The molecule has 33 heavy (non-hydrogen) atoms. The lowest BCUT2D eigenvalue weighted by atomic mass is 10.1. The quantitative estimate of drug-likeness (QED) is 0.645. The molecule has 2 aromatic rings. The molecule has 2 N–H and O–H groups in total. The van der Waals surface area contributed by atoms with Gasteiger partial charge in [0, 0.05) is 44.6 Å². The highest BCUT2D eigenvalue weighted by atomic mass is 35.5. The molecule has 180 valence electrons. The second kappa shape index (κ2) is 11.0. The summed E-state index contributed by atoms with van der Waals surface area (Å²) in [4.78, 5) is 24.2. The Balaban J connectivity index is 0.00000259. The zero-order valence-electron chi connectivity index (χ0n) is 18.4. The Morgan fingerprint density at radius 1 is 1.03 bits per heavy atom. The van der Waals surface area contributed by atoms with E-state index in [0.29, 0.717) is 32.1 Å². The number of ether oxygens (including phenoxy) is 2. The second-order valence-corrected chi connectivity index (χ2v) is 9.12. The summed E-state index contributed by atoms with van der Waals surface area (Å²) in [6, 6.07) is 7.98. The van der Waals surface area contributed by atoms with Crippen molar-refractivity contribution in [3.63, 3.8) is 0 Å². The predicted octanol–water partition coefficient (Wildman–Crippen LogP) is 1.54. The van der Waals surface area contributed by atoms with Gasteiger partial charge in [-0.3, -0.25) is 9.69 Å². The number of morpholine rings is 1. The van der Waals surface area contributed by atoms with Crippen LogP contribution in [0.1, 0.15) is 10.5 Å². The van der Waals surface area contributed by atoms with Crippen LogP contribution in [0, 0.1) is 0 Å². The van der Waals surface area contributed by atoms with Gasteiger partial charge >= 0.3 is 0 Å². The minimum atomic E-state index is -0.409. The Bertz CT molecular complexity index is 933. The Kier molecular flexibility index (Phi) is 8.05. The number of aliphatic hydroxyl groups excluding tert-OH is 1. The van der Waals surface area contributed by atoms with E-state index < -0.39 is 6.10 Å². The first-order valence-electron chi connectivity index (χ1n) is 11.1. The number of nitrogens with zero attached hydrogens (tertiary/aromatic N) is 4. The largest absolute Gasteiger partial charge is 0.389 e. The molecule has 9 nitrogen and oxygen atoms in total. The molecule has 1 aromatic carbocycles. The number of benzene rings is 1. The molecule has 0 bridgehead atoms. The first kappa shape index (κ1) is 24.2. The summed E-state index contributed by atoms with van der Waals surface area (Å²) in [5.74, 6) is -0.196. The zero-order chi connectivity index (χ0) is 21.9. The number of aliphatic hydroxyl groups is 1. The van der Waals surface area contributed by atoms with Gasteiger partial charge in [0.05, 0.1) is 49.9 Å². The summed E-state index contributed by atoms with van der Waals surface area (Å²) in [7, 11) is 0. The van der Waals surface area contributed by atoms with Gasteiger partial charge in [-0.1, -0.05) is 12.1 Å². The van der Waals surface area contributed by atoms with E-state index >= 15 is 0 Å². The van der Waals surface area contributed by atoms with Crippen LogP contribution < -0.4 is 15.1 Å². The van der Waals surface area contributed by atoms with Crippen LogP contribution in [0.2, 0.25) is 0 Å². The van der Waals surface area contributed by atoms with Crippen LogP contribution in [0.4, 0.5) is 16.5 Å². The van der Waals surface area contributed by atoms with Gasteiger partial charge in [0.1, 0.15) is 5.69 Å². The number of amides is 1. The number of piperazine rings is 1. The van der Waals surface area contributed by atoms with Crippen LogP contribution >= 0.6 is 23.7 Å². The molecule has 0 unspecified atom stereocenters. The number of carbonyl (C=O) groups excluding carboxylic acids is 1. The topological polar surface area (TPSA) is 90.4 Å². The molecule has 1 amide bonds. The highest BCUT2D eigenvalue weighted by Crippen LogP contribution is 2.29. The number of rotatable bonds is 5. The van der Waals surface area contributed by atoms with Gasteiger partial charge in [0.2, 0.25) is 0 Å². The highest BCUT2D eigenvalue weighted by molar-refractivity contribution is 7.14. The average molecular weight is 496 g/mol. The second-order valence-electron chi connectivity index (χ2n) is 8.28. The minimum absolute atomic E-state index is 0. The standard InChI is InChI=1S/C22H29N5O4S.ClH/c28-20-14-31-13-19(20)26-7-5-25(6-8-26)18-4-2-1-3-16(18)23-21(29)17-15-32-22(24-17)27-9-11-30-12-10-27;/h1-4,15,19-20,28H,5-14H2,(H,23,29);1H/t19-,20-;/m1./s1. The highest BCUT2D eigenvalue weighted by Gasteiger charge is 2.33. The molecule has 3 aliphatic rings. The average Bonchev–Trinajstić information content (AvgIpc) is 3.50. The summed E-state index contributed by atoms with van der Waals surface area (Å²) >= 11 is 1.49. The molecule has 0 saturated carbocycles. The van der Waals surface area contributed by atoms with Gasteiger partial charge in [0.15, 0.2) is 5.13 Å². The summed E-state index contributed by atoms with van der Waals surface area (Å²) in [6.07, 6.45) is -0.409. The van der Waals surface area contributed by atoms with Crippen LogP contribution in [0.3, 0.4) is 0 Å². The fraction of sp³-hybridized carbons (Fsp3) is 0.545. The van der Waals surface area contributed by atoms with Crippen LogP contribution in [-0.4, -0.2) is 98.7 Å². The van der Waals surface area contributed by atoms with Crippen molar-refractivity contribution < 1.29 is 19.4 Å². The van der Waals surface area contributed by atoms with E-state index in [1.807, 2.05) is 29.6 Å². The van der Waals surface area contributed by atoms with Crippen molar-refractivity contribution in [2.75, 3.05) is 80.8 Å². The predicted molar refractivity (Wildman–Crippen MR) is 131 cm³/mol. The van der Waals surface area contributed by atoms with Crippen molar-refractivity contribution in [1.29, 1.82) is 0 Å². The Labute approximate surface area is 203 Å². The number of carbonyl (C=O) groups is 1. The number of para-hydroxylation sites is 2. The molecule has 1 aromatic heterocycles. The van der Waals surface area contributed by atoms with Gasteiger partial charge < -0.3 is 29.7 Å². The van der Waals surface area contributed by atoms with Gasteiger partial charge in [-0.05, 0) is 12.1 Å². The first-order valence-corrected chi connectivity index (χ1v) is 12.0. The molecule has 4 heterocycles. The lowest BCUT2D eigenvalue weighted by Crippen LogP contribution is -2.53. The normalized spacial score (nSPS) is 23.9. The molecule has 11 heteroatoms. The van der Waals surface area contributed by atoms with E-state index in [2.05, 4.69) is 25.0 Å². The Hall–Kier alpha value is -1.95. The molecule has 0 aliphatic carbocycles. The third-order valence-electron chi connectivity index (χ3n) is 6.30. The van der Waals surface area contributed by atoms with Crippen molar-refractivity contribution in [3.8, 4) is 0 Å². The number of thiazole rings is 1. The lowest BCUT2D eigenvalue weighted by molar-refractivity contribution is 0.0785. The summed E-state index contributed by atoms with van der Waals surface area (Å²) in [5, 5.41) is 15.9. The molecular formula is C22H30ClN5O4S. The maximum Gasteiger partial charge on any atom is 0.275 e. The number of halogens is 1. The maximum atomic E-state index is 12.9. The molecule has 3 fully saturated rings. The van der Waals surface area contributed by atoms with Crippen LogP contribution in [0.15, 0.2) is 29.6 Å². The summed E-state index contributed by atoms with van der Waals surface area (Å²) in [5.41, 5.74) is 2.23. The number of nitrogens with one attached hydrogen (secondary N) is 1. The van der Waals surface area contributed by atoms with E-state index in [-0.39, 0.29) is 24.4 Å². The van der Waals surface area contributed by atoms with Gasteiger partial charge in [-0.2, -0.15) is 0 Å². The molecule has 3 aliphatic heterocycles. The third kappa shape index (κ3) is 5.42. The van der Waals surface area contributed by atoms with E-state index in [4.69, 9.17) is 9.47 Å². The Morgan fingerprint density at radius 2 is 1.79 bits per heavy atom. The van der Waals surface area contributed by atoms with E-state index in [9.17, 15) is 9.90 Å². The molecule has 2 atom stereocenters. The van der Waals surface area contributed by atoms with Crippen LogP contribution in [-0.2, 0) is 9.47 Å². The molecular weight excluding hydrogens is 466 g/mol. The molecule has 5 rings (SSSR count). The molecule has 0 spiro atoms. The molecule has 0 radical (unpaired) electrons. The lowest BCUT2D eigenvalue weighted by Gasteiger charge is -2.40. The summed E-state index contributed by atoms with van der Waals surface area (Å²) in [6.45, 7) is 7.34. The van der Waals surface area contributed by atoms with Gasteiger partial charge in [-0.25, -0.2) is 4.98 Å². The van der Waals surface area contributed by atoms with E-state index in [1.54, 1.807) is 0 Å². The number of aromatic nitrogens is 1. The van der Waals surface area contributed by atoms with Crippen molar-refractivity contribution in [1.82, 2.24) is 9.88 Å². The third-order valence-corrected chi connectivity index (χ3v) is 7.21. The first-order chi connectivity index (χ1) is 15.7. The smallest absolute Gasteiger partial charge is 0.275 e. The van der Waals surface area contributed by atoms with Crippen molar-refractivity contribution in [2.45, 2.75) is 12.1 Å². The number of hydrogen-bond acceptors (Lipinski definition) is 9. The van der Waals surface area contributed by atoms with Crippen molar-refractivity contribution in [3.05, 3.63) is 35.3 Å². The number of anilines is 3. The Morgan fingerprint density at radius 3 is 2.52 bits per heavy atom. The van der Waals surface area contributed by atoms with Crippen LogP contribution in [0.25, 0.3) is 0 Å². The van der Waals surface area contributed by atoms with Gasteiger partial charge in [-0.15, -0.1) is 23.7 Å². The maximum absolute atomic E-state index is 12.9. The molecule has 3 saturated heterocycles. The van der Waals surface area contributed by atoms with Crippen molar-refractivity contribution in [2.24, 2.45) is 0 Å². The minimum Gasteiger partial charge on any atom is -0.389 e. The SMILES string of the molecule is Cl.O=C(Nc1ccccc1N1CCN([C@@H]2COC[C@H]2O)CC1)c1csc(N2CCOCC2)n1. The zero-order valence-corrected chi connectivity index (χ0v) is 20.0. The van der Waals surface area contributed by atoms with Crippen LogP contribution in [0.5, 0.6) is 0 Å². The van der Waals surface area contributed by atoms with Crippen molar-refractivity contribution >= 4 is 46.2 Å². The van der Waals surface area contributed by atoms with Gasteiger partial charge in [0.25, 0.3) is 5.91 Å². The summed E-state index contributed by atoms with van der Waals surface area (Å²) < 4.78 is 10.8. The number of hydrogen-bond donors (Lipinski definition) is 2. The van der Waals surface area contributed by atoms with E-state index in [0.717, 1.165) is 55.8 Å². The fourth-order valence-electron chi connectivity index (χ4n) is 4.48. The fourth-order valence-corrected chi connectivity index (χ4v) is 5.34. The monoisotopic (exact) mass is 495 g/mol. The van der Waals surface area contributed by atoms with E-state index in [1.165, 1.54) is 11.3 Å².